The van der Waals surface area contributed by atoms with Gasteiger partial charge in [0.25, 0.3) is 5.91 Å². The minimum atomic E-state index is -0.377. The number of amides is 1. The van der Waals surface area contributed by atoms with Crippen molar-refractivity contribution in [2.75, 3.05) is 18.6 Å². The lowest BCUT2D eigenvalue weighted by atomic mass is 9.98. The predicted octanol–water partition coefficient (Wildman–Crippen LogP) is 3.73. The summed E-state index contributed by atoms with van der Waals surface area (Å²) in [6, 6.07) is 16.3. The minimum Gasteiger partial charge on any atom is -0.352 e. The third-order valence-corrected chi connectivity index (χ3v) is 5.56. The Morgan fingerprint density at radius 2 is 1.89 bits per heavy atom. The van der Waals surface area contributed by atoms with Gasteiger partial charge in [-0.25, -0.2) is 15.4 Å². The molecule has 35 heavy (non-hydrogen) atoms. The number of carbonyl (C=O) groups excluding carboxylic acids is 1. The summed E-state index contributed by atoms with van der Waals surface area (Å²) in [5, 5.41) is 14.4. The van der Waals surface area contributed by atoms with Crippen molar-refractivity contribution in [2.45, 2.75) is 33.2 Å². The van der Waals surface area contributed by atoms with E-state index in [9.17, 15) is 4.79 Å². The second-order valence-electron chi connectivity index (χ2n) is 8.04. The molecule has 0 unspecified atom stereocenters. The SMILES string of the molecule is CCCCN(Cc1ccc(-c2ccccc2-c2nn[nH]n2)cc1)c1nc(C)ncc1C(=O)NOC. The largest absolute Gasteiger partial charge is 0.352 e. The standard InChI is InChI=1S/C25H28N8O2/c1-4-5-14-33(24-22(25(34)30-35-3)15-26-17(2)27-24)16-18-10-12-19(13-11-18)20-8-6-7-9-21(20)23-28-31-32-29-23/h6-13,15H,4-5,14,16H2,1-3H3,(H,30,34)(H,28,29,31,32). The van der Waals surface area contributed by atoms with Crippen molar-refractivity contribution in [3.63, 3.8) is 0 Å². The van der Waals surface area contributed by atoms with Crippen molar-refractivity contribution < 1.29 is 9.63 Å². The van der Waals surface area contributed by atoms with Gasteiger partial charge < -0.3 is 4.90 Å². The van der Waals surface area contributed by atoms with Crippen LogP contribution in [0.2, 0.25) is 0 Å². The normalized spacial score (nSPS) is 10.8. The average molecular weight is 473 g/mol. The fourth-order valence-electron chi connectivity index (χ4n) is 3.83. The van der Waals surface area contributed by atoms with Crippen molar-refractivity contribution in [3.05, 3.63) is 71.7 Å². The fraction of sp³-hybridized carbons (Fsp3) is 0.280. The number of nitrogens with one attached hydrogen (secondary N) is 2. The number of rotatable bonds is 10. The number of hydrogen-bond acceptors (Lipinski definition) is 8. The smallest absolute Gasteiger partial charge is 0.280 e. The van der Waals surface area contributed by atoms with E-state index in [0.717, 1.165) is 41.6 Å². The molecular weight excluding hydrogens is 444 g/mol. The van der Waals surface area contributed by atoms with Gasteiger partial charge in [-0.05, 0) is 35.2 Å². The first-order valence-corrected chi connectivity index (χ1v) is 11.4. The first-order valence-electron chi connectivity index (χ1n) is 11.4. The molecule has 0 spiro atoms. The first kappa shape index (κ1) is 24.0. The van der Waals surface area contributed by atoms with E-state index in [1.165, 1.54) is 7.11 Å². The van der Waals surface area contributed by atoms with Gasteiger partial charge in [0, 0.05) is 24.8 Å². The lowest BCUT2D eigenvalue weighted by molar-refractivity contribution is 0.0537. The summed E-state index contributed by atoms with van der Waals surface area (Å²) < 4.78 is 0. The number of aromatic nitrogens is 6. The summed E-state index contributed by atoms with van der Waals surface area (Å²) in [6.07, 6.45) is 3.53. The van der Waals surface area contributed by atoms with Crippen LogP contribution in [0.5, 0.6) is 0 Å². The lowest BCUT2D eigenvalue weighted by Crippen LogP contribution is -2.30. The number of tetrazole rings is 1. The number of carbonyl (C=O) groups is 1. The Balaban J connectivity index is 1.63. The van der Waals surface area contributed by atoms with E-state index in [4.69, 9.17) is 4.84 Å². The molecule has 180 valence electrons. The zero-order valence-electron chi connectivity index (χ0n) is 20.0. The molecule has 0 saturated heterocycles. The molecule has 4 aromatic rings. The van der Waals surface area contributed by atoms with E-state index in [1.807, 2.05) is 31.2 Å². The Kier molecular flexibility index (Phi) is 7.74. The summed E-state index contributed by atoms with van der Waals surface area (Å²) in [5.41, 5.74) is 6.82. The minimum absolute atomic E-state index is 0.374. The molecule has 2 aromatic carbocycles. The highest BCUT2D eigenvalue weighted by atomic mass is 16.6. The molecule has 0 aliphatic carbocycles. The molecule has 0 bridgehead atoms. The Morgan fingerprint density at radius 1 is 1.11 bits per heavy atom. The fourth-order valence-corrected chi connectivity index (χ4v) is 3.83. The molecule has 10 heteroatoms. The molecule has 0 atom stereocenters. The van der Waals surface area contributed by atoms with Crippen molar-refractivity contribution in [3.8, 4) is 22.5 Å². The predicted molar refractivity (Wildman–Crippen MR) is 132 cm³/mol. The summed E-state index contributed by atoms with van der Waals surface area (Å²) in [4.78, 5) is 28.3. The molecule has 0 aliphatic rings. The zero-order valence-corrected chi connectivity index (χ0v) is 20.0. The number of hydroxylamine groups is 1. The maximum atomic E-state index is 12.6. The van der Waals surface area contributed by atoms with Gasteiger partial charge in [0.2, 0.25) is 5.82 Å². The second kappa shape index (κ2) is 11.3. The number of H-pyrrole nitrogens is 1. The molecule has 4 rings (SSSR count). The van der Waals surface area contributed by atoms with Crippen LogP contribution in [0.4, 0.5) is 5.82 Å². The average Bonchev–Trinajstić information content (AvgIpc) is 3.42. The topological polar surface area (TPSA) is 122 Å². The van der Waals surface area contributed by atoms with Crippen LogP contribution in [0.25, 0.3) is 22.5 Å². The highest BCUT2D eigenvalue weighted by Gasteiger charge is 2.20. The van der Waals surface area contributed by atoms with E-state index in [2.05, 4.69) is 72.2 Å². The van der Waals surface area contributed by atoms with Crippen LogP contribution >= 0.6 is 0 Å². The molecular formula is C25H28N8O2. The number of aryl methyl sites for hydroxylation is 1. The van der Waals surface area contributed by atoms with E-state index in [-0.39, 0.29) is 5.91 Å². The van der Waals surface area contributed by atoms with Gasteiger partial charge in [-0.3, -0.25) is 9.63 Å². The van der Waals surface area contributed by atoms with Gasteiger partial charge in [0.05, 0.1) is 7.11 Å². The van der Waals surface area contributed by atoms with Gasteiger partial charge in [-0.2, -0.15) is 5.21 Å². The number of nitrogens with zero attached hydrogens (tertiary/aromatic N) is 6. The van der Waals surface area contributed by atoms with Crippen LogP contribution in [-0.2, 0) is 11.4 Å². The number of unbranched alkanes of at least 4 members (excludes halogenated alkanes) is 1. The van der Waals surface area contributed by atoms with E-state index in [0.29, 0.717) is 29.6 Å². The molecule has 2 aromatic heterocycles. The molecule has 0 aliphatic heterocycles. The third-order valence-electron chi connectivity index (χ3n) is 5.56. The summed E-state index contributed by atoms with van der Waals surface area (Å²) in [5.74, 6) is 1.37. The van der Waals surface area contributed by atoms with Crippen molar-refractivity contribution in [1.82, 2.24) is 36.1 Å². The second-order valence-corrected chi connectivity index (χ2v) is 8.04. The molecule has 2 heterocycles. The molecule has 1 amide bonds. The van der Waals surface area contributed by atoms with Crippen LogP contribution in [0.15, 0.2) is 54.7 Å². The summed E-state index contributed by atoms with van der Waals surface area (Å²) in [6.45, 7) is 5.30. The molecule has 2 N–H and O–H groups in total. The Morgan fingerprint density at radius 3 is 2.57 bits per heavy atom. The van der Waals surface area contributed by atoms with E-state index in [1.54, 1.807) is 6.20 Å². The van der Waals surface area contributed by atoms with Crippen LogP contribution < -0.4 is 10.4 Å². The van der Waals surface area contributed by atoms with E-state index < -0.39 is 0 Å². The van der Waals surface area contributed by atoms with Gasteiger partial charge >= 0.3 is 0 Å². The van der Waals surface area contributed by atoms with Crippen LogP contribution in [-0.4, -0.2) is 50.2 Å². The lowest BCUT2D eigenvalue weighted by Gasteiger charge is -2.26. The summed E-state index contributed by atoms with van der Waals surface area (Å²) >= 11 is 0. The number of anilines is 1. The van der Waals surface area contributed by atoms with Crippen LogP contribution in [0.3, 0.4) is 0 Å². The number of aromatic amines is 1. The first-order chi connectivity index (χ1) is 17.1. The third kappa shape index (κ3) is 5.67. The van der Waals surface area contributed by atoms with Gasteiger partial charge in [0.1, 0.15) is 17.2 Å². The molecule has 0 saturated carbocycles. The zero-order chi connectivity index (χ0) is 24.6. The molecule has 0 fully saturated rings. The Labute approximate surface area is 203 Å². The van der Waals surface area contributed by atoms with Crippen molar-refractivity contribution in [2.24, 2.45) is 0 Å². The highest BCUT2D eigenvalue weighted by molar-refractivity contribution is 5.98. The number of hydrogen-bond donors (Lipinski definition) is 2. The maximum Gasteiger partial charge on any atom is 0.280 e. The van der Waals surface area contributed by atoms with Gasteiger partial charge in [-0.1, -0.05) is 61.9 Å². The number of benzene rings is 2. The summed E-state index contributed by atoms with van der Waals surface area (Å²) in [7, 11) is 1.40. The van der Waals surface area contributed by atoms with Crippen molar-refractivity contribution >= 4 is 11.7 Å². The molecule has 10 nitrogen and oxygen atoms in total. The van der Waals surface area contributed by atoms with Crippen LogP contribution in [0.1, 0.15) is 41.5 Å². The van der Waals surface area contributed by atoms with E-state index >= 15 is 0 Å². The highest BCUT2D eigenvalue weighted by Crippen LogP contribution is 2.30. The quantitative estimate of drug-likeness (QED) is 0.335. The molecule has 0 radical (unpaired) electrons. The van der Waals surface area contributed by atoms with Gasteiger partial charge in [0.15, 0.2) is 0 Å². The Bertz CT molecular complexity index is 1260. The van der Waals surface area contributed by atoms with Gasteiger partial charge in [-0.15, -0.1) is 10.2 Å². The Hall–Kier alpha value is -4.18. The van der Waals surface area contributed by atoms with Crippen molar-refractivity contribution in [1.29, 1.82) is 0 Å². The monoisotopic (exact) mass is 472 g/mol. The van der Waals surface area contributed by atoms with Crippen LogP contribution in [0, 0.1) is 6.92 Å². The maximum absolute atomic E-state index is 12.6.